The Hall–Kier alpha value is -1.01. The van der Waals surface area contributed by atoms with Gasteiger partial charge in [0.05, 0.1) is 31.4 Å². The minimum Gasteiger partial charge on any atom is -0.466 e. The summed E-state index contributed by atoms with van der Waals surface area (Å²) in [7, 11) is 2.66. The molecule has 0 spiro atoms. The molecule has 2 aliphatic heterocycles. The highest BCUT2D eigenvalue weighted by molar-refractivity contribution is 7.99. The SMILES string of the molecule is COC(=O)C1=C(C(=O)OC)[C@H]2CSCN2[C@@H]1C. The molecule has 94 valence electrons. The molecule has 17 heavy (non-hydrogen) atoms. The van der Waals surface area contributed by atoms with Crippen molar-refractivity contribution >= 4 is 23.7 Å². The maximum absolute atomic E-state index is 11.8. The Morgan fingerprint density at radius 3 is 2.41 bits per heavy atom. The van der Waals surface area contributed by atoms with Crippen LogP contribution in [0.25, 0.3) is 0 Å². The molecule has 0 unspecified atom stereocenters. The summed E-state index contributed by atoms with van der Waals surface area (Å²) in [6.45, 7) is 1.92. The van der Waals surface area contributed by atoms with Gasteiger partial charge in [0.2, 0.25) is 0 Å². The van der Waals surface area contributed by atoms with Gasteiger partial charge >= 0.3 is 11.9 Å². The van der Waals surface area contributed by atoms with Crippen molar-refractivity contribution in [2.75, 3.05) is 25.8 Å². The molecule has 0 radical (unpaired) electrons. The van der Waals surface area contributed by atoms with Crippen LogP contribution in [0, 0.1) is 0 Å². The van der Waals surface area contributed by atoms with Crippen molar-refractivity contribution in [2.45, 2.75) is 19.0 Å². The van der Waals surface area contributed by atoms with Gasteiger partial charge in [-0.05, 0) is 6.92 Å². The van der Waals surface area contributed by atoms with Gasteiger partial charge in [0.25, 0.3) is 0 Å². The molecule has 0 aromatic heterocycles. The van der Waals surface area contributed by atoms with Gasteiger partial charge in [0.15, 0.2) is 0 Å². The number of fused-ring (bicyclic) bond motifs is 1. The standard InChI is InChI=1S/C11H15NO4S/c1-6-8(10(13)15-2)9(11(14)16-3)7-4-17-5-12(6)7/h6-7H,4-5H2,1-3H3/t6-,7-/m1/s1. The number of hydrogen-bond donors (Lipinski definition) is 0. The largest absolute Gasteiger partial charge is 0.466 e. The first-order valence-corrected chi connectivity index (χ1v) is 6.51. The Bertz CT molecular complexity index is 393. The normalized spacial score (nSPS) is 28.2. The molecule has 0 bridgehead atoms. The van der Waals surface area contributed by atoms with E-state index in [0.717, 1.165) is 11.6 Å². The molecular formula is C11H15NO4S. The Morgan fingerprint density at radius 1 is 1.24 bits per heavy atom. The minimum absolute atomic E-state index is 0.0171. The van der Waals surface area contributed by atoms with E-state index in [1.165, 1.54) is 14.2 Å². The molecule has 1 saturated heterocycles. The molecule has 2 atom stereocenters. The number of nitrogens with zero attached hydrogens (tertiary/aromatic N) is 1. The molecule has 2 heterocycles. The molecule has 2 aliphatic rings. The van der Waals surface area contributed by atoms with E-state index >= 15 is 0 Å². The summed E-state index contributed by atoms with van der Waals surface area (Å²) in [6, 6.07) is -0.104. The van der Waals surface area contributed by atoms with Gasteiger partial charge in [0, 0.05) is 17.7 Å². The van der Waals surface area contributed by atoms with E-state index in [-0.39, 0.29) is 12.1 Å². The Balaban J connectivity index is 2.44. The van der Waals surface area contributed by atoms with Crippen molar-refractivity contribution in [3.8, 4) is 0 Å². The molecular weight excluding hydrogens is 242 g/mol. The third kappa shape index (κ3) is 1.85. The number of esters is 2. The van der Waals surface area contributed by atoms with Crippen LogP contribution in [0.4, 0.5) is 0 Å². The summed E-state index contributed by atoms with van der Waals surface area (Å²) in [5, 5.41) is 0. The fourth-order valence-corrected chi connectivity index (χ4v) is 3.70. The van der Waals surface area contributed by atoms with Gasteiger partial charge in [-0.2, -0.15) is 0 Å². The smallest absolute Gasteiger partial charge is 0.335 e. The zero-order valence-corrected chi connectivity index (χ0v) is 10.9. The molecule has 0 saturated carbocycles. The van der Waals surface area contributed by atoms with Crippen LogP contribution >= 0.6 is 11.8 Å². The van der Waals surface area contributed by atoms with Gasteiger partial charge in [-0.25, -0.2) is 9.59 Å². The molecule has 5 nitrogen and oxygen atoms in total. The number of methoxy groups -OCH3 is 2. The number of thioether (sulfide) groups is 1. The summed E-state index contributed by atoms with van der Waals surface area (Å²) in [4.78, 5) is 25.7. The number of carbonyl (C=O) groups is 2. The second kappa shape index (κ2) is 4.70. The predicted octanol–water partition coefficient (Wildman–Crippen LogP) is 0.406. The quantitative estimate of drug-likeness (QED) is 0.668. The van der Waals surface area contributed by atoms with E-state index in [1.807, 2.05) is 6.92 Å². The van der Waals surface area contributed by atoms with Crippen LogP contribution in [0.3, 0.4) is 0 Å². The number of rotatable bonds is 2. The first kappa shape index (κ1) is 12.4. The van der Waals surface area contributed by atoms with Crippen LogP contribution < -0.4 is 0 Å². The summed E-state index contributed by atoms with van der Waals surface area (Å²) < 4.78 is 9.53. The molecule has 0 amide bonds. The van der Waals surface area contributed by atoms with E-state index in [0.29, 0.717) is 11.1 Å². The minimum atomic E-state index is -0.433. The third-order valence-corrected chi connectivity index (χ3v) is 4.30. The second-order valence-electron chi connectivity index (χ2n) is 4.02. The molecule has 1 fully saturated rings. The predicted molar refractivity (Wildman–Crippen MR) is 63.5 cm³/mol. The van der Waals surface area contributed by atoms with Crippen LogP contribution in [0.15, 0.2) is 11.1 Å². The van der Waals surface area contributed by atoms with Crippen molar-refractivity contribution in [3.63, 3.8) is 0 Å². The Kier molecular flexibility index (Phi) is 3.44. The van der Waals surface area contributed by atoms with Gasteiger partial charge in [0.1, 0.15) is 0 Å². The van der Waals surface area contributed by atoms with Crippen LogP contribution in [-0.2, 0) is 19.1 Å². The summed E-state index contributed by atoms with van der Waals surface area (Å²) in [5.74, 6) is 0.784. The summed E-state index contributed by atoms with van der Waals surface area (Å²) in [5.41, 5.74) is 0.918. The second-order valence-corrected chi connectivity index (χ2v) is 5.02. The topological polar surface area (TPSA) is 55.8 Å². The lowest BCUT2D eigenvalue weighted by atomic mass is 10.0. The van der Waals surface area contributed by atoms with Crippen molar-refractivity contribution in [3.05, 3.63) is 11.1 Å². The van der Waals surface area contributed by atoms with Crippen LogP contribution in [0.1, 0.15) is 6.92 Å². The van der Waals surface area contributed by atoms with Crippen molar-refractivity contribution in [1.82, 2.24) is 4.90 Å². The zero-order valence-electron chi connectivity index (χ0n) is 10.1. The van der Waals surface area contributed by atoms with E-state index < -0.39 is 11.9 Å². The molecule has 0 aromatic rings. The van der Waals surface area contributed by atoms with Crippen molar-refractivity contribution in [2.24, 2.45) is 0 Å². The molecule has 0 N–H and O–H groups in total. The monoisotopic (exact) mass is 257 g/mol. The average Bonchev–Trinajstić information content (AvgIpc) is 2.90. The fraction of sp³-hybridized carbons (Fsp3) is 0.636. The van der Waals surface area contributed by atoms with E-state index in [2.05, 4.69) is 4.90 Å². The van der Waals surface area contributed by atoms with Gasteiger partial charge in [-0.3, -0.25) is 4.90 Å². The van der Waals surface area contributed by atoms with Gasteiger partial charge in [-0.1, -0.05) is 0 Å². The third-order valence-electron chi connectivity index (χ3n) is 3.27. The van der Waals surface area contributed by atoms with Crippen LogP contribution in [0.5, 0.6) is 0 Å². The first-order chi connectivity index (χ1) is 8.11. The summed E-state index contributed by atoms with van der Waals surface area (Å²) >= 11 is 1.75. The maximum atomic E-state index is 11.8. The van der Waals surface area contributed by atoms with E-state index in [9.17, 15) is 9.59 Å². The Labute approximate surface area is 104 Å². The zero-order chi connectivity index (χ0) is 12.6. The van der Waals surface area contributed by atoms with Crippen LogP contribution in [0.2, 0.25) is 0 Å². The van der Waals surface area contributed by atoms with E-state index in [1.54, 1.807) is 11.8 Å². The molecule has 2 rings (SSSR count). The molecule has 0 aliphatic carbocycles. The fourth-order valence-electron chi connectivity index (χ4n) is 2.40. The summed E-state index contributed by atoms with van der Waals surface area (Å²) in [6.07, 6.45) is 0. The lowest BCUT2D eigenvalue weighted by Gasteiger charge is -2.20. The highest BCUT2D eigenvalue weighted by Crippen LogP contribution is 2.39. The number of hydrogen-bond acceptors (Lipinski definition) is 6. The number of ether oxygens (including phenoxy) is 2. The number of carbonyl (C=O) groups excluding carboxylic acids is 2. The van der Waals surface area contributed by atoms with E-state index in [4.69, 9.17) is 9.47 Å². The molecule has 6 heteroatoms. The Morgan fingerprint density at radius 2 is 1.82 bits per heavy atom. The highest BCUT2D eigenvalue weighted by atomic mass is 32.2. The first-order valence-electron chi connectivity index (χ1n) is 5.36. The molecule has 0 aromatic carbocycles. The maximum Gasteiger partial charge on any atom is 0.335 e. The lowest BCUT2D eigenvalue weighted by Crippen LogP contribution is -2.34. The average molecular weight is 257 g/mol. The van der Waals surface area contributed by atoms with Crippen molar-refractivity contribution in [1.29, 1.82) is 0 Å². The van der Waals surface area contributed by atoms with Gasteiger partial charge in [-0.15, -0.1) is 11.8 Å². The van der Waals surface area contributed by atoms with Crippen molar-refractivity contribution < 1.29 is 19.1 Å². The van der Waals surface area contributed by atoms with Gasteiger partial charge < -0.3 is 9.47 Å². The lowest BCUT2D eigenvalue weighted by molar-refractivity contribution is -0.139. The van der Waals surface area contributed by atoms with Crippen LogP contribution in [-0.4, -0.2) is 54.8 Å². The highest BCUT2D eigenvalue weighted by Gasteiger charge is 2.47.